The van der Waals surface area contributed by atoms with Crippen molar-refractivity contribution in [3.63, 3.8) is 0 Å². The van der Waals surface area contributed by atoms with Gasteiger partial charge >= 0.3 is 0 Å². The average molecular weight is 273 g/mol. The normalized spacial score (nSPS) is 17.2. The van der Waals surface area contributed by atoms with Crippen LogP contribution in [0.5, 0.6) is 0 Å². The number of anilines is 1. The van der Waals surface area contributed by atoms with Crippen molar-refractivity contribution in [2.75, 3.05) is 38.1 Å². The first-order valence-electron chi connectivity index (χ1n) is 7.56. The number of hydrogen-bond acceptors (Lipinski definition) is 4. The zero-order valence-electron chi connectivity index (χ0n) is 12.2. The second-order valence-electron chi connectivity index (χ2n) is 5.61. The smallest absolute Gasteiger partial charge is 0.142 e. The van der Waals surface area contributed by atoms with Crippen molar-refractivity contribution in [2.24, 2.45) is 0 Å². The summed E-state index contributed by atoms with van der Waals surface area (Å²) in [4.78, 5) is 16.6. The van der Waals surface area contributed by atoms with Gasteiger partial charge in [0.2, 0.25) is 0 Å². The molecule has 1 aliphatic heterocycles. The topological polar surface area (TPSA) is 48.1 Å². The second kappa shape index (κ2) is 6.22. The van der Waals surface area contributed by atoms with Gasteiger partial charge in [-0.1, -0.05) is 12.8 Å². The summed E-state index contributed by atoms with van der Waals surface area (Å²) in [5.41, 5.74) is 0.914. The Bertz CT molecular complexity index is 542. The van der Waals surface area contributed by atoms with Gasteiger partial charge < -0.3 is 14.8 Å². The Morgan fingerprint density at radius 1 is 1.20 bits per heavy atom. The molecule has 1 aliphatic rings. The van der Waals surface area contributed by atoms with Gasteiger partial charge in [0.1, 0.15) is 17.8 Å². The van der Waals surface area contributed by atoms with E-state index in [9.17, 15) is 0 Å². The first-order chi connectivity index (χ1) is 9.84. The summed E-state index contributed by atoms with van der Waals surface area (Å²) in [5.74, 6) is 1.02. The van der Waals surface area contributed by atoms with Crippen LogP contribution in [-0.4, -0.2) is 53.1 Å². The molecule has 1 fully saturated rings. The molecule has 0 aromatic carbocycles. The fourth-order valence-electron chi connectivity index (χ4n) is 2.92. The zero-order chi connectivity index (χ0) is 13.8. The van der Waals surface area contributed by atoms with Crippen LogP contribution in [0, 0.1) is 0 Å². The Balaban J connectivity index is 1.63. The molecule has 0 amide bonds. The molecule has 0 bridgehead atoms. The lowest BCUT2D eigenvalue weighted by molar-refractivity contribution is 0.291. The minimum Gasteiger partial charge on any atom is -0.358 e. The number of hydrogen-bond donors (Lipinski definition) is 1. The van der Waals surface area contributed by atoms with Gasteiger partial charge in [-0.2, -0.15) is 0 Å². The first kappa shape index (κ1) is 13.4. The molecular formula is C15H23N5. The Morgan fingerprint density at radius 3 is 2.80 bits per heavy atom. The molecule has 3 heterocycles. The van der Waals surface area contributed by atoms with E-state index in [4.69, 9.17) is 0 Å². The molecule has 108 valence electrons. The van der Waals surface area contributed by atoms with Crippen LogP contribution in [0.1, 0.15) is 25.7 Å². The van der Waals surface area contributed by atoms with Crippen molar-refractivity contribution < 1.29 is 0 Å². The molecule has 1 N–H and O–H groups in total. The number of fused-ring (bicyclic) bond motifs is 1. The maximum Gasteiger partial charge on any atom is 0.142 e. The third kappa shape index (κ3) is 2.93. The van der Waals surface area contributed by atoms with Crippen LogP contribution in [0.2, 0.25) is 0 Å². The minimum atomic E-state index is 0.914. The van der Waals surface area contributed by atoms with E-state index in [1.807, 2.05) is 12.3 Å². The number of aromatic nitrogens is 3. The molecule has 5 nitrogen and oxygen atoms in total. The standard InChI is InChI=1S/C15H23N5/c1-19(10-11-20-8-4-2-3-5-9-20)15-13-6-7-16-14(13)17-12-18-15/h6-7,12H,2-5,8-11H2,1H3,(H,16,17,18). The largest absolute Gasteiger partial charge is 0.358 e. The predicted octanol–water partition coefficient (Wildman–Crippen LogP) is 2.27. The number of nitrogens with zero attached hydrogens (tertiary/aromatic N) is 4. The average Bonchev–Trinajstić information content (AvgIpc) is 2.80. The molecule has 1 saturated heterocycles. The minimum absolute atomic E-state index is 0.914. The van der Waals surface area contributed by atoms with E-state index in [2.05, 4.69) is 31.8 Å². The highest BCUT2D eigenvalue weighted by Gasteiger charge is 2.12. The number of likely N-dealkylation sites (N-methyl/N-ethyl adjacent to an activating group) is 1. The van der Waals surface area contributed by atoms with Gasteiger partial charge in [0.15, 0.2) is 0 Å². The monoisotopic (exact) mass is 273 g/mol. The second-order valence-corrected chi connectivity index (χ2v) is 5.61. The van der Waals surface area contributed by atoms with Crippen LogP contribution < -0.4 is 4.90 Å². The summed E-state index contributed by atoms with van der Waals surface area (Å²) in [7, 11) is 2.12. The summed E-state index contributed by atoms with van der Waals surface area (Å²) >= 11 is 0. The Labute approximate surface area is 120 Å². The molecule has 2 aromatic rings. The van der Waals surface area contributed by atoms with Crippen LogP contribution in [0.25, 0.3) is 11.0 Å². The van der Waals surface area contributed by atoms with E-state index in [-0.39, 0.29) is 0 Å². The maximum absolute atomic E-state index is 4.44. The fraction of sp³-hybridized carbons (Fsp3) is 0.600. The third-order valence-electron chi connectivity index (χ3n) is 4.14. The van der Waals surface area contributed by atoms with E-state index in [0.29, 0.717) is 0 Å². The molecule has 0 spiro atoms. The maximum atomic E-state index is 4.44. The molecule has 3 rings (SSSR count). The quantitative estimate of drug-likeness (QED) is 0.928. The van der Waals surface area contributed by atoms with Crippen molar-refractivity contribution >= 4 is 16.9 Å². The Morgan fingerprint density at radius 2 is 2.00 bits per heavy atom. The molecule has 0 aliphatic carbocycles. The van der Waals surface area contributed by atoms with Crippen molar-refractivity contribution in [1.29, 1.82) is 0 Å². The van der Waals surface area contributed by atoms with Crippen LogP contribution in [-0.2, 0) is 0 Å². The predicted molar refractivity (Wildman–Crippen MR) is 82.1 cm³/mol. The van der Waals surface area contributed by atoms with Gasteiger partial charge in [0, 0.05) is 26.3 Å². The molecule has 2 aromatic heterocycles. The molecule has 0 saturated carbocycles. The number of H-pyrrole nitrogens is 1. The third-order valence-corrected chi connectivity index (χ3v) is 4.14. The molecule has 0 atom stereocenters. The molecular weight excluding hydrogens is 250 g/mol. The molecule has 20 heavy (non-hydrogen) atoms. The summed E-state index contributed by atoms with van der Waals surface area (Å²) < 4.78 is 0. The molecule has 5 heteroatoms. The van der Waals surface area contributed by atoms with Gasteiger partial charge in [-0.05, 0) is 32.0 Å². The highest BCUT2D eigenvalue weighted by atomic mass is 15.2. The van der Waals surface area contributed by atoms with Crippen molar-refractivity contribution in [3.8, 4) is 0 Å². The van der Waals surface area contributed by atoms with Crippen LogP contribution >= 0.6 is 0 Å². The summed E-state index contributed by atoms with van der Waals surface area (Å²) in [6, 6.07) is 2.05. The van der Waals surface area contributed by atoms with Crippen molar-refractivity contribution in [1.82, 2.24) is 19.9 Å². The highest BCUT2D eigenvalue weighted by Crippen LogP contribution is 2.20. The lowest BCUT2D eigenvalue weighted by Gasteiger charge is -2.25. The summed E-state index contributed by atoms with van der Waals surface area (Å²) in [6.07, 6.45) is 9.03. The SMILES string of the molecule is CN(CCN1CCCCCC1)c1ncnc2[nH]ccc12. The Hall–Kier alpha value is -1.62. The van der Waals surface area contributed by atoms with Crippen molar-refractivity contribution in [3.05, 3.63) is 18.6 Å². The highest BCUT2D eigenvalue weighted by molar-refractivity contribution is 5.87. The van der Waals surface area contributed by atoms with Crippen LogP contribution in [0.4, 0.5) is 5.82 Å². The van der Waals surface area contributed by atoms with Gasteiger partial charge in [-0.15, -0.1) is 0 Å². The number of nitrogens with one attached hydrogen (secondary N) is 1. The zero-order valence-corrected chi connectivity index (χ0v) is 12.2. The number of rotatable bonds is 4. The van der Waals surface area contributed by atoms with Crippen molar-refractivity contribution in [2.45, 2.75) is 25.7 Å². The number of aromatic amines is 1. The van der Waals surface area contributed by atoms with Gasteiger partial charge in [0.25, 0.3) is 0 Å². The number of likely N-dealkylation sites (tertiary alicyclic amines) is 1. The van der Waals surface area contributed by atoms with Crippen LogP contribution in [0.3, 0.4) is 0 Å². The lowest BCUT2D eigenvalue weighted by Crippen LogP contribution is -2.34. The summed E-state index contributed by atoms with van der Waals surface area (Å²) in [5, 5.41) is 1.10. The Kier molecular flexibility index (Phi) is 4.16. The van der Waals surface area contributed by atoms with E-state index in [0.717, 1.165) is 29.9 Å². The summed E-state index contributed by atoms with van der Waals surface area (Å²) in [6.45, 7) is 4.62. The van der Waals surface area contributed by atoms with Crippen LogP contribution in [0.15, 0.2) is 18.6 Å². The van der Waals surface area contributed by atoms with Gasteiger partial charge in [-0.25, -0.2) is 9.97 Å². The van der Waals surface area contributed by atoms with Gasteiger partial charge in [0.05, 0.1) is 5.39 Å². The van der Waals surface area contributed by atoms with Gasteiger partial charge in [-0.3, -0.25) is 0 Å². The van der Waals surface area contributed by atoms with E-state index < -0.39 is 0 Å². The van der Waals surface area contributed by atoms with E-state index in [1.54, 1.807) is 6.33 Å². The van der Waals surface area contributed by atoms with E-state index in [1.165, 1.54) is 38.8 Å². The fourth-order valence-corrected chi connectivity index (χ4v) is 2.92. The molecule has 0 radical (unpaired) electrons. The lowest BCUT2D eigenvalue weighted by atomic mass is 10.2. The first-order valence-corrected chi connectivity index (χ1v) is 7.56. The van der Waals surface area contributed by atoms with E-state index >= 15 is 0 Å². The molecule has 0 unspecified atom stereocenters.